The van der Waals surface area contributed by atoms with E-state index in [1.165, 1.54) is 0 Å². The third-order valence-corrected chi connectivity index (χ3v) is 3.38. The molecule has 0 heterocycles. The topological polar surface area (TPSA) is 74.6 Å². The summed E-state index contributed by atoms with van der Waals surface area (Å²) in [5.41, 5.74) is 1.96. The van der Waals surface area contributed by atoms with Gasteiger partial charge in [0, 0.05) is 5.92 Å². The first-order valence-corrected chi connectivity index (χ1v) is 5.62. The molecule has 2 N–H and O–H groups in total. The highest BCUT2D eigenvalue weighted by atomic mass is 16.4. The van der Waals surface area contributed by atoms with Crippen molar-refractivity contribution in [1.82, 2.24) is 0 Å². The normalized spacial score (nSPS) is 22.8. The van der Waals surface area contributed by atoms with Crippen LogP contribution in [-0.2, 0) is 16.0 Å². The lowest BCUT2D eigenvalue weighted by Gasteiger charge is -2.30. The van der Waals surface area contributed by atoms with Crippen LogP contribution in [0.2, 0.25) is 0 Å². The predicted molar refractivity (Wildman–Crippen MR) is 60.9 cm³/mol. The fourth-order valence-electron chi connectivity index (χ4n) is 2.59. The van der Waals surface area contributed by atoms with Crippen molar-refractivity contribution in [1.29, 1.82) is 0 Å². The summed E-state index contributed by atoms with van der Waals surface area (Å²) < 4.78 is 0. The molecule has 4 nitrogen and oxygen atoms in total. The van der Waals surface area contributed by atoms with Gasteiger partial charge < -0.3 is 10.2 Å². The van der Waals surface area contributed by atoms with E-state index in [1.807, 2.05) is 24.3 Å². The molecule has 0 bridgehead atoms. The maximum atomic E-state index is 11.2. The van der Waals surface area contributed by atoms with Crippen LogP contribution in [-0.4, -0.2) is 22.2 Å². The fraction of sp³-hybridized carbons (Fsp3) is 0.385. The quantitative estimate of drug-likeness (QED) is 0.837. The Morgan fingerprint density at radius 2 is 1.94 bits per heavy atom. The minimum atomic E-state index is -0.946. The summed E-state index contributed by atoms with van der Waals surface area (Å²) in [6.07, 6.45) is 1.11. The maximum Gasteiger partial charge on any atom is 0.307 e. The van der Waals surface area contributed by atoms with E-state index in [0.717, 1.165) is 11.1 Å². The summed E-state index contributed by atoms with van der Waals surface area (Å²) in [4.78, 5) is 22.0. The third-order valence-electron chi connectivity index (χ3n) is 3.38. The summed E-state index contributed by atoms with van der Waals surface area (Å²) in [5.74, 6) is -2.83. The van der Waals surface area contributed by atoms with E-state index in [4.69, 9.17) is 10.2 Å². The molecule has 1 aliphatic rings. The number of aryl methyl sites for hydroxylation is 1. The highest BCUT2D eigenvalue weighted by molar-refractivity contribution is 5.75. The molecule has 0 radical (unpaired) electrons. The van der Waals surface area contributed by atoms with E-state index in [9.17, 15) is 9.59 Å². The van der Waals surface area contributed by atoms with E-state index < -0.39 is 23.8 Å². The molecule has 1 aromatic rings. The number of carboxylic acids is 2. The summed E-state index contributed by atoms with van der Waals surface area (Å²) in [6, 6.07) is 7.52. The number of rotatable bonds is 3. The molecule has 0 fully saturated rings. The lowest BCUT2D eigenvalue weighted by Crippen LogP contribution is -2.29. The molecule has 1 aromatic carbocycles. The van der Waals surface area contributed by atoms with Gasteiger partial charge in [-0.3, -0.25) is 9.59 Å². The summed E-state index contributed by atoms with van der Waals surface area (Å²) >= 11 is 0. The van der Waals surface area contributed by atoms with Crippen LogP contribution < -0.4 is 0 Å². The molecule has 90 valence electrons. The molecule has 2 atom stereocenters. The Hall–Kier alpha value is -1.84. The van der Waals surface area contributed by atoms with Crippen LogP contribution in [0.1, 0.15) is 29.9 Å². The SMILES string of the molecule is O=C(O)CC1c2ccccc2CCC1C(=O)O. The second-order valence-corrected chi connectivity index (χ2v) is 4.39. The molecule has 1 aliphatic carbocycles. The fourth-order valence-corrected chi connectivity index (χ4v) is 2.59. The molecule has 0 saturated heterocycles. The molecule has 0 saturated carbocycles. The number of hydrogen-bond acceptors (Lipinski definition) is 2. The van der Waals surface area contributed by atoms with Crippen molar-refractivity contribution in [2.24, 2.45) is 5.92 Å². The van der Waals surface area contributed by atoms with E-state index >= 15 is 0 Å². The van der Waals surface area contributed by atoms with Crippen molar-refractivity contribution >= 4 is 11.9 Å². The first-order valence-electron chi connectivity index (χ1n) is 5.62. The Balaban J connectivity index is 2.38. The number of hydrogen-bond donors (Lipinski definition) is 2. The van der Waals surface area contributed by atoms with Gasteiger partial charge in [-0.2, -0.15) is 0 Å². The molecule has 2 unspecified atom stereocenters. The number of carbonyl (C=O) groups is 2. The van der Waals surface area contributed by atoms with Crippen molar-refractivity contribution in [3.05, 3.63) is 35.4 Å². The highest BCUT2D eigenvalue weighted by Crippen LogP contribution is 2.38. The number of aliphatic carboxylic acids is 2. The third kappa shape index (κ3) is 2.30. The zero-order chi connectivity index (χ0) is 12.4. The van der Waals surface area contributed by atoms with Gasteiger partial charge >= 0.3 is 11.9 Å². The minimum Gasteiger partial charge on any atom is -0.481 e. The van der Waals surface area contributed by atoms with E-state index in [2.05, 4.69) is 0 Å². The summed E-state index contributed by atoms with van der Waals surface area (Å²) in [6.45, 7) is 0. The van der Waals surface area contributed by atoms with Crippen LogP contribution in [0.3, 0.4) is 0 Å². The molecule has 0 aromatic heterocycles. The van der Waals surface area contributed by atoms with Gasteiger partial charge in [-0.05, 0) is 24.0 Å². The van der Waals surface area contributed by atoms with Gasteiger partial charge in [-0.25, -0.2) is 0 Å². The molecule has 2 rings (SSSR count). The maximum absolute atomic E-state index is 11.2. The Bertz CT molecular complexity index is 452. The first kappa shape index (κ1) is 11.6. The second-order valence-electron chi connectivity index (χ2n) is 4.39. The van der Waals surface area contributed by atoms with E-state index in [1.54, 1.807) is 0 Å². The molecule has 4 heteroatoms. The van der Waals surface area contributed by atoms with Gasteiger partial charge in [0.25, 0.3) is 0 Å². The average Bonchev–Trinajstić information content (AvgIpc) is 2.28. The lowest BCUT2D eigenvalue weighted by molar-refractivity contribution is -0.144. The first-order chi connectivity index (χ1) is 8.09. The lowest BCUT2D eigenvalue weighted by atomic mass is 9.73. The number of fused-ring (bicyclic) bond motifs is 1. The van der Waals surface area contributed by atoms with Crippen molar-refractivity contribution in [2.75, 3.05) is 0 Å². The Morgan fingerprint density at radius 1 is 1.24 bits per heavy atom. The van der Waals surface area contributed by atoms with Crippen molar-refractivity contribution in [3.63, 3.8) is 0 Å². The van der Waals surface area contributed by atoms with Crippen LogP contribution in [0.15, 0.2) is 24.3 Å². The highest BCUT2D eigenvalue weighted by Gasteiger charge is 2.35. The van der Waals surface area contributed by atoms with Gasteiger partial charge in [0.1, 0.15) is 0 Å². The number of carboxylic acid groups (broad SMARTS) is 2. The van der Waals surface area contributed by atoms with Crippen molar-refractivity contribution < 1.29 is 19.8 Å². The van der Waals surface area contributed by atoms with Crippen LogP contribution in [0.4, 0.5) is 0 Å². The van der Waals surface area contributed by atoms with E-state index in [-0.39, 0.29) is 6.42 Å². The van der Waals surface area contributed by atoms with Crippen LogP contribution in [0.25, 0.3) is 0 Å². The Kier molecular flexibility index (Phi) is 3.13. The molecule has 0 amide bonds. The predicted octanol–water partition coefficient (Wildman–Crippen LogP) is 1.89. The standard InChI is InChI=1S/C13H14O4/c14-12(15)7-11-9-4-2-1-3-8(9)5-6-10(11)13(16)17/h1-4,10-11H,5-7H2,(H,14,15)(H,16,17). The average molecular weight is 234 g/mol. The zero-order valence-corrected chi connectivity index (χ0v) is 9.30. The molecular weight excluding hydrogens is 220 g/mol. The molecular formula is C13H14O4. The minimum absolute atomic E-state index is 0.117. The monoisotopic (exact) mass is 234 g/mol. The van der Waals surface area contributed by atoms with E-state index in [0.29, 0.717) is 12.8 Å². The Morgan fingerprint density at radius 3 is 2.59 bits per heavy atom. The molecule has 17 heavy (non-hydrogen) atoms. The Labute approximate surface area is 98.9 Å². The van der Waals surface area contributed by atoms with Crippen LogP contribution >= 0.6 is 0 Å². The largest absolute Gasteiger partial charge is 0.481 e. The zero-order valence-electron chi connectivity index (χ0n) is 9.30. The summed E-state index contributed by atoms with van der Waals surface area (Å²) in [5, 5.41) is 18.1. The van der Waals surface area contributed by atoms with Gasteiger partial charge in [0.05, 0.1) is 12.3 Å². The van der Waals surface area contributed by atoms with Gasteiger partial charge in [-0.15, -0.1) is 0 Å². The molecule has 0 spiro atoms. The van der Waals surface area contributed by atoms with Crippen LogP contribution in [0, 0.1) is 5.92 Å². The molecule has 0 aliphatic heterocycles. The van der Waals surface area contributed by atoms with Crippen LogP contribution in [0.5, 0.6) is 0 Å². The second kappa shape index (κ2) is 4.57. The van der Waals surface area contributed by atoms with Gasteiger partial charge in [0.15, 0.2) is 0 Å². The van der Waals surface area contributed by atoms with Crippen molar-refractivity contribution in [2.45, 2.75) is 25.2 Å². The number of benzene rings is 1. The summed E-state index contributed by atoms with van der Waals surface area (Å²) in [7, 11) is 0. The van der Waals surface area contributed by atoms with Crippen molar-refractivity contribution in [3.8, 4) is 0 Å². The van der Waals surface area contributed by atoms with Gasteiger partial charge in [-0.1, -0.05) is 24.3 Å². The smallest absolute Gasteiger partial charge is 0.307 e. The van der Waals surface area contributed by atoms with Gasteiger partial charge in [0.2, 0.25) is 0 Å².